The minimum Gasteiger partial charge on any atom is -1.00 e. The Balaban J connectivity index is -0.0000000150. The van der Waals surface area contributed by atoms with E-state index in [1.165, 1.54) is 0 Å². The van der Waals surface area contributed by atoms with Crippen LogP contribution in [0.15, 0.2) is 0 Å². The summed E-state index contributed by atoms with van der Waals surface area (Å²) in [6.07, 6.45) is 0. The summed E-state index contributed by atoms with van der Waals surface area (Å²) in [6, 6.07) is 0. The first-order valence-electron chi connectivity index (χ1n) is 0.548. The molecule has 0 aromatic heterocycles. The van der Waals surface area contributed by atoms with Crippen molar-refractivity contribution in [1.82, 2.24) is 0 Å². The third-order valence-electron chi connectivity index (χ3n) is 0. The van der Waals surface area contributed by atoms with Gasteiger partial charge in [0, 0.05) is 0 Å². The minimum absolute atomic E-state index is 0. The summed E-state index contributed by atoms with van der Waals surface area (Å²) in [5.41, 5.74) is 0. The van der Waals surface area contributed by atoms with E-state index in [9.17, 15) is 0 Å². The maximum atomic E-state index is 8.25. The molecule has 0 fully saturated rings. The van der Waals surface area contributed by atoms with Crippen LogP contribution in [0.3, 0.4) is 0 Å². The summed E-state index contributed by atoms with van der Waals surface area (Å²) in [4.78, 5) is 8.25. The topological polar surface area (TPSA) is 66.2 Å². The van der Waals surface area contributed by atoms with Crippen molar-refractivity contribution in [3.63, 3.8) is 0 Å². The van der Waals surface area contributed by atoms with Gasteiger partial charge in [0.2, 0.25) is 0 Å². The van der Waals surface area contributed by atoms with E-state index >= 15 is 0 Å². The predicted octanol–water partition coefficient (Wildman–Crippen LogP) is -3.62. The van der Waals surface area contributed by atoms with Crippen LogP contribution in [0.2, 0.25) is 0 Å². The first kappa shape index (κ1) is 22.8. The zero-order valence-electron chi connectivity index (χ0n) is 3.13. The van der Waals surface area contributed by atoms with Crippen LogP contribution in [0, 0.1) is 64.7 Å². The molecule has 0 spiro atoms. The molecular weight excluding hydrogens is 289 g/mol. The third kappa shape index (κ3) is 61.4. The maximum absolute atomic E-state index is 8.25. The van der Waals surface area contributed by atoms with Crippen LogP contribution in [0.5, 0.6) is 0 Å². The number of halogens is 1. The van der Waals surface area contributed by atoms with E-state index in [0.29, 0.717) is 0 Å². The smallest absolute Gasteiger partial charge is 1.00 e. The van der Waals surface area contributed by atoms with Gasteiger partial charge in [0.15, 0.2) is 0 Å². The molecule has 36 valence electrons. The van der Waals surface area contributed by atoms with Gasteiger partial charge in [0.1, 0.15) is 0 Å². The van der Waals surface area contributed by atoms with Crippen molar-refractivity contribution >= 4 is 37.7 Å². The van der Waals surface area contributed by atoms with Crippen LogP contribution in [0.4, 0.5) is 0 Å². The average Bonchev–Trinajstić information content (AvgIpc) is 0.811. The van der Waals surface area contributed by atoms with Gasteiger partial charge in [-0.05, 0) is 0 Å². The Morgan fingerprint density at radius 1 is 1.29 bits per heavy atom. The molecule has 0 radical (unpaired) electrons. The summed E-state index contributed by atoms with van der Waals surface area (Å²) < 4.78 is 0. The summed E-state index contributed by atoms with van der Waals surface area (Å²) >= 11 is 0. The zero-order chi connectivity index (χ0) is 3.58. The Morgan fingerprint density at radius 3 is 1.29 bits per heavy atom. The molecule has 0 rings (SSSR count). The number of rotatable bonds is 0. The molecule has 0 N–H and O–H groups in total. The van der Waals surface area contributed by atoms with Crippen LogP contribution in [-0.4, -0.2) is 42.8 Å². The van der Waals surface area contributed by atoms with Gasteiger partial charge in [-0.2, -0.15) is 0 Å². The molecule has 0 atom stereocenters. The quantitative estimate of drug-likeness (QED) is 0.263. The van der Waals surface area contributed by atoms with Gasteiger partial charge in [0.05, 0.1) is 5.09 Å². The molecule has 0 saturated carbocycles. The minimum atomic E-state index is -1.75. The Kier molecular flexibility index (Phi) is 51.3. The van der Waals surface area contributed by atoms with Gasteiger partial charge in [0.25, 0.3) is 0 Å². The van der Waals surface area contributed by atoms with Gasteiger partial charge in [-0.15, -0.1) is 0 Å². The summed E-state index contributed by atoms with van der Waals surface area (Å²) in [7, 11) is 0. The molecule has 0 aliphatic heterocycles. The van der Waals surface area contributed by atoms with Gasteiger partial charge >= 0.3 is 87.1 Å². The molecular formula is CaClEuNO3+3. The third-order valence-corrected chi connectivity index (χ3v) is 0. The molecule has 0 aromatic carbocycles. The van der Waals surface area contributed by atoms with E-state index in [1.54, 1.807) is 0 Å². The average molecular weight is 289 g/mol. The Bertz CT molecular complexity index is 37.9. The van der Waals surface area contributed by atoms with Crippen molar-refractivity contribution in [2.24, 2.45) is 0 Å². The predicted molar refractivity (Wildman–Crippen MR) is 16.1 cm³/mol. The van der Waals surface area contributed by atoms with Gasteiger partial charge in [-0.25, -0.2) is 0 Å². The Labute approximate surface area is 117 Å². The fourth-order valence-electron chi connectivity index (χ4n) is 0. The van der Waals surface area contributed by atoms with E-state index < -0.39 is 5.09 Å². The number of nitrogens with zero attached hydrogens (tertiary/aromatic N) is 1. The molecule has 0 aliphatic rings. The van der Waals surface area contributed by atoms with Crippen LogP contribution in [-0.2, 0) is 0 Å². The zero-order valence-corrected chi connectivity index (χ0v) is 8.52. The fourth-order valence-corrected chi connectivity index (χ4v) is 0. The van der Waals surface area contributed by atoms with E-state index in [-0.39, 0.29) is 99.5 Å². The van der Waals surface area contributed by atoms with Crippen LogP contribution >= 0.6 is 0 Å². The Morgan fingerprint density at radius 2 is 1.29 bits per heavy atom. The molecule has 0 saturated heterocycles. The van der Waals surface area contributed by atoms with Crippen molar-refractivity contribution in [3.8, 4) is 0 Å². The summed E-state index contributed by atoms with van der Waals surface area (Å²) in [6.45, 7) is 0. The van der Waals surface area contributed by atoms with Crippen molar-refractivity contribution in [2.75, 3.05) is 0 Å². The van der Waals surface area contributed by atoms with E-state index in [2.05, 4.69) is 0 Å². The number of hydrogen-bond acceptors (Lipinski definition) is 3. The van der Waals surface area contributed by atoms with E-state index in [0.717, 1.165) is 0 Å². The molecule has 0 heterocycles. The molecule has 0 aromatic rings. The molecule has 0 amide bonds. The largest absolute Gasteiger partial charge is 3.00 e. The van der Waals surface area contributed by atoms with Crippen LogP contribution in [0.25, 0.3) is 0 Å². The fraction of sp³-hybridized carbons (Fsp3) is 0. The molecule has 4 nitrogen and oxygen atoms in total. The van der Waals surface area contributed by atoms with Crippen molar-refractivity contribution in [2.45, 2.75) is 0 Å². The van der Waals surface area contributed by atoms with E-state index in [1.807, 2.05) is 0 Å². The summed E-state index contributed by atoms with van der Waals surface area (Å²) in [5.74, 6) is 0. The molecule has 7 heteroatoms. The Hall–Kier alpha value is 2.33. The maximum Gasteiger partial charge on any atom is 3.00 e. The van der Waals surface area contributed by atoms with Gasteiger partial charge in [-0.3, -0.25) is 0 Å². The van der Waals surface area contributed by atoms with Crippen LogP contribution < -0.4 is 12.4 Å². The van der Waals surface area contributed by atoms with E-state index in [4.69, 9.17) is 15.3 Å². The molecule has 0 bridgehead atoms. The van der Waals surface area contributed by atoms with Crippen LogP contribution in [0.1, 0.15) is 0 Å². The van der Waals surface area contributed by atoms with Gasteiger partial charge in [-0.1, -0.05) is 0 Å². The normalized spacial score (nSPS) is 3.43. The standard InChI is InChI=1S/Ca.ClH.Eu.NO3/c;;;2-1(3)4/h;1H;;/q+2;;+3;-1/p-1. The van der Waals surface area contributed by atoms with Crippen molar-refractivity contribution in [1.29, 1.82) is 0 Å². The van der Waals surface area contributed by atoms with Crippen molar-refractivity contribution < 1.29 is 66.9 Å². The van der Waals surface area contributed by atoms with Crippen molar-refractivity contribution in [3.05, 3.63) is 15.3 Å². The second-order valence-corrected chi connectivity index (χ2v) is 0.224. The SMILES string of the molecule is O=[N+]([O-])[O-].[Ca+2].[Cl-].[Eu+3]. The van der Waals surface area contributed by atoms with Gasteiger partial charge < -0.3 is 27.7 Å². The second-order valence-electron chi connectivity index (χ2n) is 0.224. The first-order chi connectivity index (χ1) is 1.73. The monoisotopic (exact) mass is 290 g/mol. The molecule has 7 heavy (non-hydrogen) atoms. The number of hydrogen-bond donors (Lipinski definition) is 0. The second kappa shape index (κ2) is 15.8. The molecule has 0 aliphatic carbocycles. The summed E-state index contributed by atoms with van der Waals surface area (Å²) in [5, 5.41) is 14.8. The molecule has 0 unspecified atom stereocenters. The first-order valence-corrected chi connectivity index (χ1v) is 0.548.